The van der Waals surface area contributed by atoms with E-state index in [-0.39, 0.29) is 11.9 Å². The molecular formula is C26H28Cl2F2N2O. The highest BCUT2D eigenvalue weighted by Gasteiger charge is 2.29. The zero-order valence-electron chi connectivity index (χ0n) is 18.4. The fourth-order valence-corrected chi connectivity index (χ4v) is 5.35. The number of nitrogens with one attached hydrogen (secondary N) is 1. The van der Waals surface area contributed by atoms with Gasteiger partial charge >= 0.3 is 0 Å². The Balaban J connectivity index is 1.20. The van der Waals surface area contributed by atoms with Gasteiger partial charge in [0.25, 0.3) is 0 Å². The van der Waals surface area contributed by atoms with Crippen molar-refractivity contribution in [2.24, 2.45) is 5.92 Å². The van der Waals surface area contributed by atoms with Crippen LogP contribution in [-0.2, 0) is 4.79 Å². The molecule has 0 spiro atoms. The second-order valence-electron chi connectivity index (χ2n) is 9.17. The number of amides is 1. The van der Waals surface area contributed by atoms with Crippen molar-refractivity contribution in [3.63, 3.8) is 0 Å². The number of likely N-dealkylation sites (tertiary alicyclic amines) is 1. The van der Waals surface area contributed by atoms with Crippen molar-refractivity contribution in [3.8, 4) is 0 Å². The summed E-state index contributed by atoms with van der Waals surface area (Å²) in [5.74, 6) is -0.458. The Kier molecular flexibility index (Phi) is 8.05. The first-order valence-electron chi connectivity index (χ1n) is 11.5. The van der Waals surface area contributed by atoms with Crippen molar-refractivity contribution in [1.29, 1.82) is 0 Å². The molecule has 2 fully saturated rings. The van der Waals surface area contributed by atoms with Crippen molar-refractivity contribution in [2.45, 2.75) is 44.1 Å². The average molecular weight is 493 g/mol. The quantitative estimate of drug-likeness (QED) is 0.469. The van der Waals surface area contributed by atoms with Crippen LogP contribution < -0.4 is 5.32 Å². The lowest BCUT2D eigenvalue weighted by atomic mass is 9.89. The zero-order valence-corrected chi connectivity index (χ0v) is 19.9. The van der Waals surface area contributed by atoms with Crippen molar-refractivity contribution in [2.75, 3.05) is 19.6 Å². The summed E-state index contributed by atoms with van der Waals surface area (Å²) in [7, 11) is 0. The van der Waals surface area contributed by atoms with Gasteiger partial charge in [-0.1, -0.05) is 29.3 Å². The predicted molar refractivity (Wildman–Crippen MR) is 130 cm³/mol. The van der Waals surface area contributed by atoms with Crippen LogP contribution in [0.2, 0.25) is 10.0 Å². The van der Waals surface area contributed by atoms with Gasteiger partial charge in [0.1, 0.15) is 11.6 Å². The minimum Gasteiger partial charge on any atom is -0.350 e. The summed E-state index contributed by atoms with van der Waals surface area (Å²) in [6.07, 6.45) is 8.00. The molecule has 2 aromatic carbocycles. The summed E-state index contributed by atoms with van der Waals surface area (Å²) in [4.78, 5) is 14.8. The zero-order chi connectivity index (χ0) is 23.4. The predicted octanol–water partition coefficient (Wildman–Crippen LogP) is 6.45. The Morgan fingerprint density at radius 3 is 2.42 bits per heavy atom. The van der Waals surface area contributed by atoms with Crippen molar-refractivity contribution in [1.82, 2.24) is 10.2 Å². The number of hydrogen-bond acceptors (Lipinski definition) is 2. The van der Waals surface area contributed by atoms with Gasteiger partial charge in [0.15, 0.2) is 0 Å². The normalized spacial score (nSPS) is 22.2. The highest BCUT2D eigenvalue weighted by atomic mass is 35.5. The lowest BCUT2D eigenvalue weighted by Gasteiger charge is -2.34. The second kappa shape index (κ2) is 11.0. The van der Waals surface area contributed by atoms with Crippen LogP contribution in [0, 0.1) is 17.6 Å². The first-order valence-corrected chi connectivity index (χ1v) is 12.2. The SMILES string of the molecule is O=C(/C=C/c1cc(F)cc(F)c1)NC1CCC(CN2CCC(c3ccc(Cl)c(Cl)c3)CC2)C1. The molecule has 2 aromatic rings. The number of hydrogen-bond donors (Lipinski definition) is 1. The highest BCUT2D eigenvalue weighted by molar-refractivity contribution is 6.42. The van der Waals surface area contributed by atoms with E-state index in [1.807, 2.05) is 12.1 Å². The van der Waals surface area contributed by atoms with E-state index in [4.69, 9.17) is 23.2 Å². The number of piperidine rings is 1. The van der Waals surface area contributed by atoms with E-state index in [0.29, 0.717) is 27.4 Å². The molecule has 2 atom stereocenters. The standard InChI is InChI=1S/C26H28Cl2F2N2O/c27-24-5-3-20(14-25(24)28)19-7-9-32(10-8-19)16-18-1-4-23(13-18)31-26(33)6-2-17-11-21(29)15-22(30)12-17/h2-3,5-6,11-12,14-15,18-19,23H,1,4,7-10,13,16H2,(H,31,33)/b6-2+. The first-order chi connectivity index (χ1) is 15.9. The molecule has 1 N–H and O–H groups in total. The summed E-state index contributed by atoms with van der Waals surface area (Å²) < 4.78 is 26.5. The third kappa shape index (κ3) is 6.78. The van der Waals surface area contributed by atoms with E-state index in [0.717, 1.165) is 57.8 Å². The number of halogens is 4. The van der Waals surface area contributed by atoms with Gasteiger partial charge in [0, 0.05) is 24.7 Å². The molecule has 176 valence electrons. The Bertz CT molecular complexity index is 1000. The fraction of sp³-hybridized carbons (Fsp3) is 0.423. The van der Waals surface area contributed by atoms with Crippen LogP contribution in [0.5, 0.6) is 0 Å². The third-order valence-electron chi connectivity index (χ3n) is 6.72. The third-order valence-corrected chi connectivity index (χ3v) is 7.46. The summed E-state index contributed by atoms with van der Waals surface area (Å²) in [6.45, 7) is 3.18. The van der Waals surface area contributed by atoms with Crippen molar-refractivity contribution >= 4 is 35.2 Å². The number of carbonyl (C=O) groups is 1. The summed E-state index contributed by atoms with van der Waals surface area (Å²) in [5, 5.41) is 4.24. The monoisotopic (exact) mass is 492 g/mol. The van der Waals surface area contributed by atoms with Crippen LogP contribution in [-0.4, -0.2) is 36.5 Å². The lowest BCUT2D eigenvalue weighted by molar-refractivity contribution is -0.117. The summed E-state index contributed by atoms with van der Waals surface area (Å²) in [5.41, 5.74) is 1.60. The van der Waals surface area contributed by atoms with Crippen LogP contribution in [0.3, 0.4) is 0 Å². The first kappa shape index (κ1) is 24.2. The van der Waals surface area contributed by atoms with Crippen LogP contribution in [0.4, 0.5) is 8.78 Å². The van der Waals surface area contributed by atoms with E-state index in [1.165, 1.54) is 29.8 Å². The van der Waals surface area contributed by atoms with E-state index in [9.17, 15) is 13.6 Å². The van der Waals surface area contributed by atoms with Gasteiger partial charge in [-0.25, -0.2) is 8.78 Å². The molecule has 1 heterocycles. The smallest absolute Gasteiger partial charge is 0.244 e. The molecule has 1 aliphatic heterocycles. The van der Waals surface area contributed by atoms with Crippen LogP contribution in [0.15, 0.2) is 42.5 Å². The molecule has 0 bridgehead atoms. The molecule has 1 saturated carbocycles. The molecule has 1 aliphatic carbocycles. The lowest BCUT2D eigenvalue weighted by Crippen LogP contribution is -2.37. The minimum atomic E-state index is -0.658. The van der Waals surface area contributed by atoms with Gasteiger partial charge in [-0.15, -0.1) is 0 Å². The van der Waals surface area contributed by atoms with Crippen molar-refractivity contribution < 1.29 is 13.6 Å². The maximum atomic E-state index is 13.3. The molecule has 33 heavy (non-hydrogen) atoms. The molecule has 7 heteroatoms. The van der Waals surface area contributed by atoms with Gasteiger partial charge in [-0.05, 0) is 98.5 Å². The highest BCUT2D eigenvalue weighted by Crippen LogP contribution is 2.34. The van der Waals surface area contributed by atoms with Gasteiger partial charge in [0.05, 0.1) is 10.0 Å². The molecule has 3 nitrogen and oxygen atoms in total. The molecule has 0 aromatic heterocycles. The van der Waals surface area contributed by atoms with E-state index in [1.54, 1.807) is 0 Å². The van der Waals surface area contributed by atoms with E-state index in [2.05, 4.69) is 16.3 Å². The fourth-order valence-electron chi connectivity index (χ4n) is 5.04. The summed E-state index contributed by atoms with van der Waals surface area (Å²) >= 11 is 12.2. The number of benzene rings is 2. The average Bonchev–Trinajstić information content (AvgIpc) is 3.21. The van der Waals surface area contributed by atoms with Gasteiger partial charge in [-0.3, -0.25) is 4.79 Å². The topological polar surface area (TPSA) is 32.3 Å². The van der Waals surface area contributed by atoms with Crippen molar-refractivity contribution in [3.05, 3.63) is 75.3 Å². The van der Waals surface area contributed by atoms with Gasteiger partial charge in [-0.2, -0.15) is 0 Å². The molecule has 2 aliphatic rings. The molecule has 0 radical (unpaired) electrons. The molecule has 1 amide bonds. The second-order valence-corrected chi connectivity index (χ2v) is 9.98. The van der Waals surface area contributed by atoms with Crippen LogP contribution >= 0.6 is 23.2 Å². The van der Waals surface area contributed by atoms with Gasteiger partial charge in [0.2, 0.25) is 5.91 Å². The number of nitrogens with zero attached hydrogens (tertiary/aromatic N) is 1. The maximum Gasteiger partial charge on any atom is 0.244 e. The Morgan fingerprint density at radius 2 is 1.73 bits per heavy atom. The van der Waals surface area contributed by atoms with E-state index < -0.39 is 11.6 Å². The summed E-state index contributed by atoms with van der Waals surface area (Å²) in [6, 6.07) is 9.30. The van der Waals surface area contributed by atoms with Crippen LogP contribution in [0.1, 0.15) is 49.1 Å². The molecular weight excluding hydrogens is 465 g/mol. The Labute approximate surface area is 203 Å². The molecule has 4 rings (SSSR count). The number of rotatable bonds is 6. The number of carbonyl (C=O) groups excluding carboxylic acids is 1. The molecule has 1 saturated heterocycles. The Hall–Kier alpha value is -1.95. The largest absolute Gasteiger partial charge is 0.350 e. The Morgan fingerprint density at radius 1 is 1.00 bits per heavy atom. The molecule has 2 unspecified atom stereocenters. The maximum absolute atomic E-state index is 13.3. The minimum absolute atomic E-state index is 0.144. The van der Waals surface area contributed by atoms with Crippen LogP contribution in [0.25, 0.3) is 6.08 Å². The van der Waals surface area contributed by atoms with E-state index >= 15 is 0 Å². The van der Waals surface area contributed by atoms with Gasteiger partial charge < -0.3 is 10.2 Å².